The van der Waals surface area contributed by atoms with Gasteiger partial charge in [0.25, 0.3) is 0 Å². The van der Waals surface area contributed by atoms with E-state index in [9.17, 15) is 9.18 Å². The fourth-order valence-electron chi connectivity index (χ4n) is 1.54. The first-order valence-corrected chi connectivity index (χ1v) is 4.45. The van der Waals surface area contributed by atoms with Crippen LogP contribution in [0.2, 0.25) is 0 Å². The number of benzene rings is 1. The molecule has 1 heterocycles. The molecule has 1 saturated heterocycles. The van der Waals surface area contributed by atoms with Gasteiger partial charge < -0.3 is 10.4 Å². The second kappa shape index (κ2) is 3.38. The maximum Gasteiger partial charge on any atom is 0.338 e. The maximum atomic E-state index is 13.6. The molecule has 1 unspecified atom stereocenters. The number of carboxylic acid groups (broad SMARTS) is 1. The van der Waals surface area contributed by atoms with Gasteiger partial charge in [-0.2, -0.15) is 0 Å². The standard InChI is InChI=1S/C10H10FNO2/c11-9-6(8-4-5-12-8)2-1-3-7(9)10(13)14/h1-3,8,12H,4-5H2,(H,13,14). The molecule has 0 spiro atoms. The zero-order valence-corrected chi connectivity index (χ0v) is 7.46. The molecule has 0 aliphatic carbocycles. The molecule has 0 radical (unpaired) electrons. The molecule has 1 aliphatic heterocycles. The average molecular weight is 195 g/mol. The van der Waals surface area contributed by atoms with E-state index in [1.165, 1.54) is 6.07 Å². The number of rotatable bonds is 2. The average Bonchev–Trinajstić information content (AvgIpc) is 2.04. The summed E-state index contributed by atoms with van der Waals surface area (Å²) in [5.41, 5.74) is 0.201. The third kappa shape index (κ3) is 1.37. The van der Waals surface area contributed by atoms with E-state index in [1.807, 2.05) is 0 Å². The van der Waals surface area contributed by atoms with Crippen LogP contribution >= 0.6 is 0 Å². The van der Waals surface area contributed by atoms with Gasteiger partial charge in [0.1, 0.15) is 5.82 Å². The van der Waals surface area contributed by atoms with Crippen molar-refractivity contribution in [1.82, 2.24) is 5.32 Å². The van der Waals surface area contributed by atoms with Crippen molar-refractivity contribution in [1.29, 1.82) is 0 Å². The van der Waals surface area contributed by atoms with E-state index in [-0.39, 0.29) is 11.6 Å². The zero-order chi connectivity index (χ0) is 10.1. The first-order valence-electron chi connectivity index (χ1n) is 4.45. The molecule has 1 atom stereocenters. The van der Waals surface area contributed by atoms with Gasteiger partial charge in [-0.15, -0.1) is 0 Å². The molecule has 1 fully saturated rings. The van der Waals surface area contributed by atoms with Crippen molar-refractivity contribution >= 4 is 5.97 Å². The topological polar surface area (TPSA) is 49.3 Å². The molecule has 3 nitrogen and oxygen atoms in total. The summed E-state index contributed by atoms with van der Waals surface area (Å²) >= 11 is 0. The molecule has 0 bridgehead atoms. The lowest BCUT2D eigenvalue weighted by Gasteiger charge is -2.28. The van der Waals surface area contributed by atoms with Gasteiger partial charge in [-0.05, 0) is 19.0 Å². The maximum absolute atomic E-state index is 13.6. The molecule has 74 valence electrons. The Morgan fingerprint density at radius 2 is 2.29 bits per heavy atom. The van der Waals surface area contributed by atoms with Gasteiger partial charge in [0.05, 0.1) is 5.56 Å². The van der Waals surface area contributed by atoms with Crippen LogP contribution in [0.3, 0.4) is 0 Å². The van der Waals surface area contributed by atoms with Crippen molar-refractivity contribution in [2.24, 2.45) is 0 Å². The Morgan fingerprint density at radius 3 is 2.79 bits per heavy atom. The van der Waals surface area contributed by atoms with E-state index in [2.05, 4.69) is 5.32 Å². The van der Waals surface area contributed by atoms with Crippen LogP contribution in [-0.4, -0.2) is 17.6 Å². The van der Waals surface area contributed by atoms with E-state index in [4.69, 9.17) is 5.11 Å². The van der Waals surface area contributed by atoms with E-state index < -0.39 is 11.8 Å². The predicted molar refractivity (Wildman–Crippen MR) is 48.7 cm³/mol. The summed E-state index contributed by atoms with van der Waals surface area (Å²) in [6, 6.07) is 4.45. The Balaban J connectivity index is 2.40. The highest BCUT2D eigenvalue weighted by atomic mass is 19.1. The highest BCUT2D eigenvalue weighted by molar-refractivity contribution is 5.88. The quantitative estimate of drug-likeness (QED) is 0.752. The number of carbonyl (C=O) groups is 1. The van der Waals surface area contributed by atoms with Crippen molar-refractivity contribution in [2.45, 2.75) is 12.5 Å². The summed E-state index contributed by atoms with van der Waals surface area (Å²) < 4.78 is 13.6. The minimum atomic E-state index is -1.22. The number of carboxylic acids is 1. The van der Waals surface area contributed by atoms with E-state index in [1.54, 1.807) is 12.1 Å². The lowest BCUT2D eigenvalue weighted by atomic mass is 9.96. The fraction of sp³-hybridized carbons (Fsp3) is 0.300. The molecule has 1 aromatic carbocycles. The molecule has 1 aromatic rings. The molecular weight excluding hydrogens is 185 g/mol. The van der Waals surface area contributed by atoms with Gasteiger partial charge in [0.15, 0.2) is 0 Å². The monoisotopic (exact) mass is 195 g/mol. The van der Waals surface area contributed by atoms with Crippen molar-refractivity contribution in [3.63, 3.8) is 0 Å². The Morgan fingerprint density at radius 1 is 1.57 bits per heavy atom. The largest absolute Gasteiger partial charge is 0.478 e. The molecule has 1 aliphatic rings. The molecule has 0 amide bonds. The molecule has 2 rings (SSSR count). The third-order valence-corrected chi connectivity index (χ3v) is 2.46. The second-order valence-corrected chi connectivity index (χ2v) is 3.31. The minimum absolute atomic E-state index is 0.0192. The Kier molecular flexibility index (Phi) is 2.21. The number of halogens is 1. The lowest BCUT2D eigenvalue weighted by molar-refractivity contribution is 0.0691. The predicted octanol–water partition coefficient (Wildman–Crippen LogP) is 1.56. The SMILES string of the molecule is O=C(O)c1cccc(C2CCN2)c1F. The van der Waals surface area contributed by atoms with E-state index >= 15 is 0 Å². The first kappa shape index (κ1) is 9.15. The number of hydrogen-bond donors (Lipinski definition) is 2. The molecular formula is C10H10FNO2. The zero-order valence-electron chi connectivity index (χ0n) is 7.46. The van der Waals surface area contributed by atoms with Crippen LogP contribution in [-0.2, 0) is 0 Å². The van der Waals surface area contributed by atoms with Gasteiger partial charge in [0.2, 0.25) is 0 Å². The summed E-state index contributed by atoms with van der Waals surface area (Å²) in [5.74, 6) is -1.83. The van der Waals surface area contributed by atoms with Gasteiger partial charge in [-0.3, -0.25) is 0 Å². The number of nitrogens with one attached hydrogen (secondary N) is 1. The van der Waals surface area contributed by atoms with Gasteiger partial charge in [-0.1, -0.05) is 12.1 Å². The normalized spacial score (nSPS) is 20.2. The van der Waals surface area contributed by atoms with Crippen LogP contribution in [0, 0.1) is 5.82 Å². The van der Waals surface area contributed by atoms with E-state index in [0.717, 1.165) is 13.0 Å². The Bertz CT molecular complexity index is 374. The third-order valence-electron chi connectivity index (χ3n) is 2.46. The van der Waals surface area contributed by atoms with Crippen LogP contribution < -0.4 is 5.32 Å². The van der Waals surface area contributed by atoms with Crippen molar-refractivity contribution in [2.75, 3.05) is 6.54 Å². The smallest absolute Gasteiger partial charge is 0.338 e. The summed E-state index contributed by atoms with van der Waals surface area (Å²) in [6.45, 7) is 0.863. The highest BCUT2D eigenvalue weighted by Crippen LogP contribution is 2.26. The molecule has 4 heteroatoms. The first-order chi connectivity index (χ1) is 6.70. The minimum Gasteiger partial charge on any atom is -0.478 e. The Labute approximate surface area is 80.6 Å². The van der Waals surface area contributed by atoms with Crippen LogP contribution in [0.4, 0.5) is 4.39 Å². The number of aromatic carboxylic acids is 1. The molecule has 2 N–H and O–H groups in total. The van der Waals surface area contributed by atoms with Crippen LogP contribution in [0.25, 0.3) is 0 Å². The van der Waals surface area contributed by atoms with Crippen LogP contribution in [0.15, 0.2) is 18.2 Å². The van der Waals surface area contributed by atoms with Crippen LogP contribution in [0.5, 0.6) is 0 Å². The highest BCUT2D eigenvalue weighted by Gasteiger charge is 2.24. The van der Waals surface area contributed by atoms with Crippen molar-refractivity contribution in [3.8, 4) is 0 Å². The van der Waals surface area contributed by atoms with Gasteiger partial charge in [0, 0.05) is 11.6 Å². The number of hydrogen-bond acceptors (Lipinski definition) is 2. The van der Waals surface area contributed by atoms with E-state index in [0.29, 0.717) is 5.56 Å². The van der Waals surface area contributed by atoms with Crippen LogP contribution in [0.1, 0.15) is 28.4 Å². The lowest BCUT2D eigenvalue weighted by Crippen LogP contribution is -2.35. The summed E-state index contributed by atoms with van der Waals surface area (Å²) in [5, 5.41) is 11.7. The van der Waals surface area contributed by atoms with Crippen molar-refractivity contribution < 1.29 is 14.3 Å². The van der Waals surface area contributed by atoms with Gasteiger partial charge >= 0.3 is 5.97 Å². The molecule has 0 saturated carbocycles. The summed E-state index contributed by atoms with van der Waals surface area (Å²) in [6.07, 6.45) is 0.861. The Hall–Kier alpha value is -1.42. The fourth-order valence-corrected chi connectivity index (χ4v) is 1.54. The summed E-state index contributed by atoms with van der Waals surface area (Å²) in [4.78, 5) is 10.6. The molecule has 14 heavy (non-hydrogen) atoms. The molecule has 0 aromatic heterocycles. The summed E-state index contributed by atoms with van der Waals surface area (Å²) in [7, 11) is 0. The second-order valence-electron chi connectivity index (χ2n) is 3.31. The van der Waals surface area contributed by atoms with Crippen molar-refractivity contribution in [3.05, 3.63) is 35.1 Å². The van der Waals surface area contributed by atoms with Gasteiger partial charge in [-0.25, -0.2) is 9.18 Å².